The number of benzene rings is 1. The number of hydrogen-bond donors (Lipinski definition) is 0. The van der Waals surface area contributed by atoms with Crippen molar-refractivity contribution in [2.75, 3.05) is 21.3 Å². The summed E-state index contributed by atoms with van der Waals surface area (Å²) in [4.78, 5) is 8.19. The third kappa shape index (κ3) is 3.55. The smallest absolute Gasteiger partial charge is 0.216 e. The minimum Gasteiger partial charge on any atom is -0.496 e. The Bertz CT molecular complexity index is 585. The molecule has 0 spiro atoms. The molecule has 0 saturated carbocycles. The first-order chi connectivity index (χ1) is 10.2. The molecule has 6 heteroatoms. The highest BCUT2D eigenvalue weighted by molar-refractivity contribution is 6.21. The molecule has 0 bridgehead atoms. The van der Waals surface area contributed by atoms with Gasteiger partial charge in [0.05, 0.1) is 32.3 Å². The van der Waals surface area contributed by atoms with E-state index < -0.39 is 0 Å². The molecule has 1 aromatic heterocycles. The van der Waals surface area contributed by atoms with E-state index in [0.717, 1.165) is 11.3 Å². The van der Waals surface area contributed by atoms with Crippen LogP contribution in [0.3, 0.4) is 0 Å². The van der Waals surface area contributed by atoms with Crippen LogP contribution >= 0.6 is 11.6 Å². The standard InChI is InChI=1S/C15H17ClN2O3/c1-19-12-5-4-6-13(20-2)15(12)11(16)7-10-8-14(21-3)18-9-17-10/h4-6,8-9,11H,7H2,1-3H3. The summed E-state index contributed by atoms with van der Waals surface area (Å²) in [5.74, 6) is 1.89. The number of ether oxygens (including phenoxy) is 3. The van der Waals surface area contributed by atoms with Crippen LogP contribution in [0.25, 0.3) is 0 Å². The van der Waals surface area contributed by atoms with Gasteiger partial charge in [-0.25, -0.2) is 9.97 Å². The second kappa shape index (κ2) is 7.13. The zero-order chi connectivity index (χ0) is 15.2. The number of halogens is 1. The molecule has 0 amide bonds. The molecule has 1 atom stereocenters. The molecule has 1 unspecified atom stereocenters. The highest BCUT2D eigenvalue weighted by Gasteiger charge is 2.20. The topological polar surface area (TPSA) is 53.5 Å². The maximum Gasteiger partial charge on any atom is 0.216 e. The second-order valence-corrected chi connectivity index (χ2v) is 4.83. The highest BCUT2D eigenvalue weighted by atomic mass is 35.5. The van der Waals surface area contributed by atoms with Crippen molar-refractivity contribution in [1.29, 1.82) is 0 Å². The van der Waals surface area contributed by atoms with Crippen LogP contribution in [0.2, 0.25) is 0 Å². The fourth-order valence-corrected chi connectivity index (χ4v) is 2.45. The molecule has 0 N–H and O–H groups in total. The Balaban J connectivity index is 2.29. The molecule has 112 valence electrons. The zero-order valence-electron chi connectivity index (χ0n) is 12.2. The van der Waals surface area contributed by atoms with Crippen molar-refractivity contribution < 1.29 is 14.2 Å². The van der Waals surface area contributed by atoms with Crippen LogP contribution in [-0.2, 0) is 6.42 Å². The van der Waals surface area contributed by atoms with Gasteiger partial charge in [0, 0.05) is 18.2 Å². The van der Waals surface area contributed by atoms with Crippen LogP contribution in [0.15, 0.2) is 30.6 Å². The van der Waals surface area contributed by atoms with Crippen LogP contribution in [0.1, 0.15) is 16.6 Å². The SMILES string of the molecule is COc1cc(CC(Cl)c2c(OC)cccc2OC)ncn1. The van der Waals surface area contributed by atoms with E-state index in [1.54, 1.807) is 27.4 Å². The van der Waals surface area contributed by atoms with Crippen LogP contribution in [0.4, 0.5) is 0 Å². The van der Waals surface area contributed by atoms with E-state index >= 15 is 0 Å². The van der Waals surface area contributed by atoms with Crippen molar-refractivity contribution in [2.45, 2.75) is 11.8 Å². The van der Waals surface area contributed by atoms with Gasteiger partial charge in [0.15, 0.2) is 0 Å². The maximum absolute atomic E-state index is 6.54. The molecule has 1 heterocycles. The van der Waals surface area contributed by atoms with Crippen LogP contribution in [0.5, 0.6) is 17.4 Å². The maximum atomic E-state index is 6.54. The Morgan fingerprint density at radius 3 is 2.29 bits per heavy atom. The summed E-state index contributed by atoms with van der Waals surface area (Å²) in [7, 11) is 4.78. The molecule has 0 aliphatic heterocycles. The largest absolute Gasteiger partial charge is 0.496 e. The Morgan fingerprint density at radius 1 is 1.05 bits per heavy atom. The van der Waals surface area contributed by atoms with E-state index in [2.05, 4.69) is 9.97 Å². The molecular weight excluding hydrogens is 292 g/mol. The Hall–Kier alpha value is -2.01. The molecule has 0 saturated heterocycles. The third-order valence-electron chi connectivity index (χ3n) is 3.08. The predicted molar refractivity (Wildman–Crippen MR) is 80.4 cm³/mol. The molecule has 2 aromatic rings. The fourth-order valence-electron chi connectivity index (χ4n) is 2.07. The van der Waals surface area contributed by atoms with Crippen molar-refractivity contribution in [3.8, 4) is 17.4 Å². The monoisotopic (exact) mass is 308 g/mol. The van der Waals surface area contributed by atoms with E-state index in [1.807, 2.05) is 18.2 Å². The first-order valence-corrected chi connectivity index (χ1v) is 6.83. The van der Waals surface area contributed by atoms with Gasteiger partial charge in [-0.2, -0.15) is 0 Å². The average Bonchev–Trinajstić information content (AvgIpc) is 2.53. The van der Waals surface area contributed by atoms with Gasteiger partial charge in [0.25, 0.3) is 0 Å². The molecular formula is C15H17ClN2O3. The number of nitrogens with zero attached hydrogens (tertiary/aromatic N) is 2. The van der Waals surface area contributed by atoms with Crippen LogP contribution in [-0.4, -0.2) is 31.3 Å². The number of aromatic nitrogens is 2. The number of alkyl halides is 1. The van der Waals surface area contributed by atoms with E-state index in [0.29, 0.717) is 23.8 Å². The van der Waals surface area contributed by atoms with E-state index in [9.17, 15) is 0 Å². The highest BCUT2D eigenvalue weighted by Crippen LogP contribution is 2.38. The minimum atomic E-state index is -0.337. The van der Waals surface area contributed by atoms with Gasteiger partial charge in [0.1, 0.15) is 17.8 Å². The number of hydrogen-bond acceptors (Lipinski definition) is 5. The minimum absolute atomic E-state index is 0.337. The summed E-state index contributed by atoms with van der Waals surface area (Å²) in [5, 5.41) is -0.337. The molecule has 1 aromatic carbocycles. The molecule has 0 aliphatic rings. The molecule has 2 rings (SSSR count). The molecule has 21 heavy (non-hydrogen) atoms. The van der Waals surface area contributed by atoms with Crippen molar-refractivity contribution >= 4 is 11.6 Å². The quantitative estimate of drug-likeness (QED) is 0.768. The summed E-state index contributed by atoms with van der Waals surface area (Å²) < 4.78 is 15.8. The van der Waals surface area contributed by atoms with E-state index in [-0.39, 0.29) is 5.38 Å². The molecule has 5 nitrogen and oxygen atoms in total. The van der Waals surface area contributed by atoms with Crippen LogP contribution < -0.4 is 14.2 Å². The van der Waals surface area contributed by atoms with Gasteiger partial charge >= 0.3 is 0 Å². The predicted octanol–water partition coefficient (Wildman–Crippen LogP) is 3.03. The molecule has 0 fully saturated rings. The summed E-state index contributed by atoms with van der Waals surface area (Å²) in [6.45, 7) is 0. The van der Waals surface area contributed by atoms with Crippen molar-refractivity contribution in [2.24, 2.45) is 0 Å². The first-order valence-electron chi connectivity index (χ1n) is 6.39. The van der Waals surface area contributed by atoms with Crippen LogP contribution in [0, 0.1) is 0 Å². The van der Waals surface area contributed by atoms with Gasteiger partial charge in [-0.3, -0.25) is 0 Å². The fraction of sp³-hybridized carbons (Fsp3) is 0.333. The normalized spacial score (nSPS) is 11.8. The van der Waals surface area contributed by atoms with Gasteiger partial charge in [-0.05, 0) is 12.1 Å². The Kier molecular flexibility index (Phi) is 5.22. The average molecular weight is 309 g/mol. The number of rotatable bonds is 6. The summed E-state index contributed by atoms with van der Waals surface area (Å²) in [6.07, 6.45) is 1.97. The van der Waals surface area contributed by atoms with Gasteiger partial charge in [-0.15, -0.1) is 11.6 Å². The molecule has 0 radical (unpaired) electrons. The van der Waals surface area contributed by atoms with Crippen molar-refractivity contribution in [3.05, 3.63) is 41.9 Å². The van der Waals surface area contributed by atoms with Crippen molar-refractivity contribution in [3.63, 3.8) is 0 Å². The van der Waals surface area contributed by atoms with Gasteiger partial charge < -0.3 is 14.2 Å². The van der Waals surface area contributed by atoms with Gasteiger partial charge in [-0.1, -0.05) is 6.07 Å². The van der Waals surface area contributed by atoms with E-state index in [1.165, 1.54) is 6.33 Å². The van der Waals surface area contributed by atoms with Gasteiger partial charge in [0.2, 0.25) is 5.88 Å². The summed E-state index contributed by atoms with van der Waals surface area (Å²) in [5.41, 5.74) is 1.59. The number of methoxy groups -OCH3 is 3. The first kappa shape index (κ1) is 15.4. The molecule has 0 aliphatic carbocycles. The lowest BCUT2D eigenvalue weighted by atomic mass is 10.0. The summed E-state index contributed by atoms with van der Waals surface area (Å²) in [6, 6.07) is 7.33. The zero-order valence-corrected chi connectivity index (χ0v) is 12.9. The second-order valence-electron chi connectivity index (χ2n) is 4.30. The Labute approximate surface area is 128 Å². The lowest BCUT2D eigenvalue weighted by Gasteiger charge is -2.17. The lowest BCUT2D eigenvalue weighted by Crippen LogP contribution is -2.04. The lowest BCUT2D eigenvalue weighted by molar-refractivity contribution is 0.384. The third-order valence-corrected chi connectivity index (χ3v) is 3.45. The summed E-state index contributed by atoms with van der Waals surface area (Å²) >= 11 is 6.54. The van der Waals surface area contributed by atoms with E-state index in [4.69, 9.17) is 25.8 Å². The Morgan fingerprint density at radius 2 is 1.71 bits per heavy atom. The van der Waals surface area contributed by atoms with Crippen molar-refractivity contribution in [1.82, 2.24) is 9.97 Å².